The molecule has 100 valence electrons. The van der Waals surface area contributed by atoms with Crippen molar-refractivity contribution in [1.82, 2.24) is 0 Å². The van der Waals surface area contributed by atoms with E-state index in [1.54, 1.807) is 13.0 Å². The van der Waals surface area contributed by atoms with E-state index >= 15 is 0 Å². The zero-order valence-electron chi connectivity index (χ0n) is 9.63. The third-order valence-corrected chi connectivity index (χ3v) is 2.91. The Morgan fingerprint density at radius 2 is 2.11 bits per heavy atom. The average molecular weight is 325 g/mol. The SMILES string of the molecule is CCOC(=O)C(Br)Cc1cccc(C(F)(F)F)c1. The predicted octanol–water partition coefficient (Wildman–Crippen LogP) is 3.57. The van der Waals surface area contributed by atoms with Crippen molar-refractivity contribution >= 4 is 21.9 Å². The molecule has 0 saturated heterocycles. The number of esters is 1. The highest BCUT2D eigenvalue weighted by Crippen LogP contribution is 2.30. The highest BCUT2D eigenvalue weighted by Gasteiger charge is 2.30. The quantitative estimate of drug-likeness (QED) is 0.625. The van der Waals surface area contributed by atoms with Gasteiger partial charge in [0.05, 0.1) is 12.2 Å². The average Bonchev–Trinajstić information content (AvgIpc) is 2.28. The maximum Gasteiger partial charge on any atom is 0.416 e. The van der Waals surface area contributed by atoms with E-state index in [9.17, 15) is 18.0 Å². The van der Waals surface area contributed by atoms with Crippen LogP contribution in [0.2, 0.25) is 0 Å². The molecule has 0 saturated carbocycles. The van der Waals surface area contributed by atoms with Crippen LogP contribution in [-0.4, -0.2) is 17.4 Å². The van der Waals surface area contributed by atoms with Crippen LogP contribution in [0.25, 0.3) is 0 Å². The smallest absolute Gasteiger partial charge is 0.416 e. The van der Waals surface area contributed by atoms with Gasteiger partial charge in [-0.2, -0.15) is 13.2 Å². The van der Waals surface area contributed by atoms with Crippen LogP contribution in [0.4, 0.5) is 13.2 Å². The van der Waals surface area contributed by atoms with Gasteiger partial charge in [-0.05, 0) is 25.0 Å². The van der Waals surface area contributed by atoms with Crippen molar-refractivity contribution in [3.8, 4) is 0 Å². The zero-order chi connectivity index (χ0) is 13.8. The minimum atomic E-state index is -4.37. The lowest BCUT2D eigenvalue weighted by molar-refractivity contribution is -0.142. The Bertz CT molecular complexity index is 418. The fraction of sp³-hybridized carbons (Fsp3) is 0.417. The van der Waals surface area contributed by atoms with Crippen LogP contribution in [0.5, 0.6) is 0 Å². The summed E-state index contributed by atoms with van der Waals surface area (Å²) in [7, 11) is 0. The lowest BCUT2D eigenvalue weighted by Crippen LogP contribution is -2.20. The molecule has 2 nitrogen and oxygen atoms in total. The van der Waals surface area contributed by atoms with Gasteiger partial charge in [-0.3, -0.25) is 4.79 Å². The molecule has 0 fully saturated rings. The van der Waals surface area contributed by atoms with Crippen LogP contribution in [-0.2, 0) is 22.1 Å². The molecule has 0 N–H and O–H groups in total. The second kappa shape index (κ2) is 6.22. The fourth-order valence-corrected chi connectivity index (χ4v) is 1.90. The number of halogens is 4. The van der Waals surface area contributed by atoms with Gasteiger partial charge in [-0.25, -0.2) is 0 Å². The van der Waals surface area contributed by atoms with Crippen molar-refractivity contribution in [2.45, 2.75) is 24.3 Å². The number of ether oxygens (including phenoxy) is 1. The van der Waals surface area contributed by atoms with Gasteiger partial charge in [0.15, 0.2) is 0 Å². The van der Waals surface area contributed by atoms with Crippen molar-refractivity contribution in [3.05, 3.63) is 35.4 Å². The molecular weight excluding hydrogens is 313 g/mol. The Labute approximate surface area is 111 Å². The van der Waals surface area contributed by atoms with Gasteiger partial charge < -0.3 is 4.74 Å². The topological polar surface area (TPSA) is 26.3 Å². The summed E-state index contributed by atoms with van der Waals surface area (Å²) in [6.07, 6.45) is -4.22. The van der Waals surface area contributed by atoms with Crippen LogP contribution in [0.1, 0.15) is 18.1 Å². The Kier molecular flexibility index (Phi) is 5.19. The first-order valence-corrected chi connectivity index (χ1v) is 6.23. The highest BCUT2D eigenvalue weighted by molar-refractivity contribution is 9.10. The summed E-state index contributed by atoms with van der Waals surface area (Å²) >= 11 is 3.10. The number of hydrogen-bond acceptors (Lipinski definition) is 2. The largest absolute Gasteiger partial charge is 0.465 e. The first-order chi connectivity index (χ1) is 8.34. The van der Waals surface area contributed by atoms with Crippen molar-refractivity contribution in [2.75, 3.05) is 6.61 Å². The van der Waals surface area contributed by atoms with Crippen molar-refractivity contribution < 1.29 is 22.7 Å². The van der Waals surface area contributed by atoms with Gasteiger partial charge in [0.1, 0.15) is 4.83 Å². The van der Waals surface area contributed by atoms with Crippen molar-refractivity contribution in [3.63, 3.8) is 0 Å². The molecule has 1 unspecified atom stereocenters. The molecule has 6 heteroatoms. The van der Waals surface area contributed by atoms with Crippen LogP contribution < -0.4 is 0 Å². The molecule has 0 aromatic heterocycles. The molecular formula is C12H12BrF3O2. The number of carbonyl (C=O) groups excluding carboxylic acids is 1. The Hall–Kier alpha value is -1.04. The maximum atomic E-state index is 12.5. The molecule has 1 rings (SSSR count). The van der Waals surface area contributed by atoms with Crippen LogP contribution >= 0.6 is 15.9 Å². The van der Waals surface area contributed by atoms with E-state index in [2.05, 4.69) is 15.9 Å². The molecule has 0 spiro atoms. The number of carbonyl (C=O) groups is 1. The van der Waals surface area contributed by atoms with Gasteiger partial charge in [0.2, 0.25) is 0 Å². The monoisotopic (exact) mass is 324 g/mol. The summed E-state index contributed by atoms with van der Waals surface area (Å²) in [6.45, 7) is 1.91. The van der Waals surface area contributed by atoms with Gasteiger partial charge in [0.25, 0.3) is 0 Å². The lowest BCUT2D eigenvalue weighted by atomic mass is 10.1. The van der Waals surface area contributed by atoms with E-state index in [1.807, 2.05) is 0 Å². The summed E-state index contributed by atoms with van der Waals surface area (Å²) in [5.74, 6) is -0.477. The van der Waals surface area contributed by atoms with Gasteiger partial charge in [0, 0.05) is 0 Å². The Balaban J connectivity index is 2.76. The van der Waals surface area contributed by atoms with Crippen molar-refractivity contribution in [2.24, 2.45) is 0 Å². The van der Waals surface area contributed by atoms with E-state index in [0.29, 0.717) is 5.56 Å². The Morgan fingerprint density at radius 3 is 2.67 bits per heavy atom. The first kappa shape index (κ1) is 15.0. The molecule has 0 aliphatic heterocycles. The standard InChI is InChI=1S/C12H12BrF3O2/c1-2-18-11(17)10(13)7-8-4-3-5-9(6-8)12(14,15)16/h3-6,10H,2,7H2,1H3. The van der Waals surface area contributed by atoms with E-state index in [-0.39, 0.29) is 13.0 Å². The van der Waals surface area contributed by atoms with E-state index in [0.717, 1.165) is 12.1 Å². The summed E-state index contributed by atoms with van der Waals surface area (Å²) in [6, 6.07) is 4.90. The number of benzene rings is 1. The first-order valence-electron chi connectivity index (χ1n) is 5.31. The van der Waals surface area contributed by atoms with Gasteiger partial charge >= 0.3 is 12.1 Å². The number of rotatable bonds is 4. The lowest BCUT2D eigenvalue weighted by Gasteiger charge is -2.11. The van der Waals surface area contributed by atoms with Crippen LogP contribution in [0.15, 0.2) is 24.3 Å². The molecule has 1 aromatic carbocycles. The predicted molar refractivity (Wildman–Crippen MR) is 64.5 cm³/mol. The zero-order valence-corrected chi connectivity index (χ0v) is 11.2. The maximum absolute atomic E-state index is 12.5. The van der Waals surface area contributed by atoms with E-state index < -0.39 is 22.5 Å². The molecule has 1 aromatic rings. The second-order valence-corrected chi connectivity index (χ2v) is 4.73. The number of hydrogen-bond donors (Lipinski definition) is 0. The fourth-order valence-electron chi connectivity index (χ4n) is 1.40. The highest BCUT2D eigenvalue weighted by atomic mass is 79.9. The van der Waals surface area contributed by atoms with Gasteiger partial charge in [-0.15, -0.1) is 0 Å². The minimum absolute atomic E-state index is 0.156. The molecule has 0 bridgehead atoms. The van der Waals surface area contributed by atoms with Crippen molar-refractivity contribution in [1.29, 1.82) is 0 Å². The summed E-state index contributed by atoms with van der Waals surface area (Å²) in [5.41, 5.74) is -0.289. The molecule has 18 heavy (non-hydrogen) atoms. The summed E-state index contributed by atoms with van der Waals surface area (Å²) in [4.78, 5) is 10.7. The number of alkyl halides is 4. The Morgan fingerprint density at radius 1 is 1.44 bits per heavy atom. The summed E-state index contributed by atoms with van der Waals surface area (Å²) in [5, 5.41) is 0. The third kappa shape index (κ3) is 4.33. The third-order valence-electron chi connectivity index (χ3n) is 2.21. The van der Waals surface area contributed by atoms with Crippen LogP contribution in [0, 0.1) is 0 Å². The molecule has 0 aliphatic carbocycles. The van der Waals surface area contributed by atoms with E-state index in [4.69, 9.17) is 4.74 Å². The molecule has 0 radical (unpaired) electrons. The summed E-state index contributed by atoms with van der Waals surface area (Å²) < 4.78 is 42.2. The van der Waals surface area contributed by atoms with Gasteiger partial charge in [-0.1, -0.05) is 34.1 Å². The van der Waals surface area contributed by atoms with E-state index in [1.165, 1.54) is 6.07 Å². The van der Waals surface area contributed by atoms with Crippen LogP contribution in [0.3, 0.4) is 0 Å². The molecule has 0 heterocycles. The molecule has 0 amide bonds. The molecule has 0 aliphatic rings. The molecule has 1 atom stereocenters. The second-order valence-electron chi connectivity index (χ2n) is 3.62. The minimum Gasteiger partial charge on any atom is -0.465 e. The normalized spacial score (nSPS) is 13.2.